The number of hydrogen-bond donors (Lipinski definition) is 3. The molecule has 0 unspecified atom stereocenters. The van der Waals surface area contributed by atoms with Crippen LogP contribution in [-0.4, -0.2) is 95.1 Å². The van der Waals surface area contributed by atoms with Crippen LogP contribution in [0.4, 0.5) is 0 Å². The highest BCUT2D eigenvalue weighted by Crippen LogP contribution is 2.10. The number of carbonyl (C=O) groups is 4. The van der Waals surface area contributed by atoms with Gasteiger partial charge in [0.15, 0.2) is 0 Å². The first-order valence-corrected chi connectivity index (χ1v) is 12.6. The Morgan fingerprint density at radius 1 is 0.600 bits per heavy atom. The Hall–Kier alpha value is -2.08. The molecule has 3 N–H and O–H groups in total. The Kier molecular flexibility index (Phi) is 24.9. The van der Waals surface area contributed by atoms with Gasteiger partial charge in [0.1, 0.15) is 19.5 Å². The molecule has 0 aliphatic carbocycles. The molecule has 0 aromatic rings. The number of rotatable bonds is 27. The summed E-state index contributed by atoms with van der Waals surface area (Å²) < 4.78 is 20.7. The highest BCUT2D eigenvalue weighted by atomic mass is 16.5. The van der Waals surface area contributed by atoms with E-state index >= 15 is 0 Å². The molecule has 2 amide bonds. The lowest BCUT2D eigenvalue weighted by atomic mass is 10.1. The molecular weight excluding hydrogens is 460 g/mol. The Morgan fingerprint density at radius 2 is 1.09 bits per heavy atom. The van der Waals surface area contributed by atoms with Crippen LogP contribution in [0.25, 0.3) is 0 Å². The van der Waals surface area contributed by atoms with E-state index in [0.717, 1.165) is 51.4 Å². The normalized spacial score (nSPS) is 10.7. The van der Waals surface area contributed by atoms with Gasteiger partial charge in [0.05, 0.1) is 39.6 Å². The zero-order chi connectivity index (χ0) is 25.8. The first-order chi connectivity index (χ1) is 17.1. The topological polar surface area (TPSA) is 149 Å². The third kappa shape index (κ3) is 28.0. The lowest BCUT2D eigenvalue weighted by Crippen LogP contribution is -2.31. The number of carbonyl (C=O) groups excluding carboxylic acids is 3. The van der Waals surface area contributed by atoms with Crippen molar-refractivity contribution in [3.63, 3.8) is 0 Å². The van der Waals surface area contributed by atoms with E-state index in [9.17, 15) is 19.2 Å². The minimum atomic E-state index is -0.725. The average Bonchev–Trinajstić information content (AvgIpc) is 2.83. The summed E-state index contributed by atoms with van der Waals surface area (Å²) in [6.07, 6.45) is 9.47. The number of hydrogen-bond acceptors (Lipinski definition) is 8. The molecule has 0 aliphatic heterocycles. The van der Waals surface area contributed by atoms with E-state index in [0.29, 0.717) is 58.8 Å². The Bertz CT molecular complexity index is 547. The molecule has 11 heteroatoms. The fraction of sp³-hybridized carbons (Fsp3) is 0.833. The number of ether oxygens (including phenoxy) is 4. The van der Waals surface area contributed by atoms with E-state index in [4.69, 9.17) is 24.1 Å². The Morgan fingerprint density at radius 3 is 1.66 bits per heavy atom. The Labute approximate surface area is 208 Å². The molecule has 0 aromatic carbocycles. The third-order valence-electron chi connectivity index (χ3n) is 4.84. The zero-order valence-electron chi connectivity index (χ0n) is 20.9. The fourth-order valence-corrected chi connectivity index (χ4v) is 3.02. The third-order valence-corrected chi connectivity index (χ3v) is 4.84. The fourth-order valence-electron chi connectivity index (χ4n) is 3.02. The highest BCUT2D eigenvalue weighted by Gasteiger charge is 2.03. The van der Waals surface area contributed by atoms with Gasteiger partial charge in [-0.2, -0.15) is 0 Å². The molecule has 0 aromatic heterocycles. The second kappa shape index (κ2) is 26.5. The van der Waals surface area contributed by atoms with Gasteiger partial charge >= 0.3 is 5.97 Å². The molecule has 0 spiro atoms. The molecule has 11 nitrogen and oxygen atoms in total. The van der Waals surface area contributed by atoms with Crippen molar-refractivity contribution in [3.8, 4) is 0 Å². The van der Waals surface area contributed by atoms with E-state index in [-0.39, 0.29) is 38.1 Å². The number of unbranched alkanes of at least 4 members (excludes halogenated alkanes) is 7. The predicted octanol–water partition coefficient (Wildman–Crippen LogP) is 1.47. The maximum absolute atomic E-state index is 11.8. The van der Waals surface area contributed by atoms with Crippen LogP contribution in [0.15, 0.2) is 0 Å². The van der Waals surface area contributed by atoms with Crippen molar-refractivity contribution in [2.24, 2.45) is 0 Å². The second-order valence-corrected chi connectivity index (χ2v) is 7.94. The highest BCUT2D eigenvalue weighted by molar-refractivity contribution is 5.77. The van der Waals surface area contributed by atoms with Crippen molar-refractivity contribution in [1.82, 2.24) is 10.6 Å². The van der Waals surface area contributed by atoms with Gasteiger partial charge in [-0.25, -0.2) is 0 Å². The summed E-state index contributed by atoms with van der Waals surface area (Å²) >= 11 is 0. The van der Waals surface area contributed by atoms with E-state index in [1.54, 1.807) is 0 Å². The molecule has 0 heterocycles. The molecule has 204 valence electrons. The van der Waals surface area contributed by atoms with Gasteiger partial charge < -0.3 is 39.5 Å². The van der Waals surface area contributed by atoms with Crippen LogP contribution in [0, 0.1) is 0 Å². The monoisotopic (exact) mass is 504 g/mol. The number of carboxylic acids is 1. The summed E-state index contributed by atoms with van der Waals surface area (Å²) in [6.45, 7) is 2.84. The summed E-state index contributed by atoms with van der Waals surface area (Å²) in [7, 11) is 0. The molecule has 0 saturated carbocycles. The van der Waals surface area contributed by atoms with Gasteiger partial charge in [-0.05, 0) is 12.8 Å². The van der Waals surface area contributed by atoms with Gasteiger partial charge in [-0.1, -0.05) is 38.5 Å². The number of amides is 2. The quantitative estimate of drug-likeness (QED) is 0.112. The average molecular weight is 505 g/mol. The van der Waals surface area contributed by atoms with E-state index in [1.807, 2.05) is 0 Å². The first kappa shape index (κ1) is 32.9. The smallest absolute Gasteiger partial charge is 0.303 e. The van der Waals surface area contributed by atoms with Gasteiger partial charge in [0.2, 0.25) is 11.8 Å². The number of aliphatic carboxylic acids is 1. The van der Waals surface area contributed by atoms with Crippen molar-refractivity contribution in [1.29, 1.82) is 0 Å². The molecule has 0 radical (unpaired) electrons. The summed E-state index contributed by atoms with van der Waals surface area (Å²) in [4.78, 5) is 43.8. The van der Waals surface area contributed by atoms with Gasteiger partial charge in [-0.15, -0.1) is 0 Å². The lowest BCUT2D eigenvalue weighted by Gasteiger charge is -2.08. The van der Waals surface area contributed by atoms with Crippen molar-refractivity contribution >= 4 is 24.1 Å². The van der Waals surface area contributed by atoms with E-state index in [1.165, 1.54) is 0 Å². The van der Waals surface area contributed by atoms with Crippen molar-refractivity contribution in [3.05, 3.63) is 0 Å². The van der Waals surface area contributed by atoms with Crippen LogP contribution in [0.3, 0.4) is 0 Å². The van der Waals surface area contributed by atoms with Crippen LogP contribution < -0.4 is 10.6 Å². The molecule has 0 saturated heterocycles. The minimum absolute atomic E-state index is 0.0210. The van der Waals surface area contributed by atoms with Gasteiger partial charge in [-0.3, -0.25) is 14.4 Å². The molecule has 0 aliphatic rings. The van der Waals surface area contributed by atoms with Crippen LogP contribution >= 0.6 is 0 Å². The predicted molar refractivity (Wildman–Crippen MR) is 129 cm³/mol. The van der Waals surface area contributed by atoms with E-state index in [2.05, 4.69) is 10.6 Å². The summed E-state index contributed by atoms with van der Waals surface area (Å²) in [5, 5.41) is 14.1. The maximum Gasteiger partial charge on any atom is 0.303 e. The molecule has 35 heavy (non-hydrogen) atoms. The largest absolute Gasteiger partial charge is 0.481 e. The standard InChI is InChI=1S/C24H44N2O9/c27-13-16-34-18-17-32-15-12-26-23(29)21-35-20-19-33-14-11-25-22(28)9-7-5-3-1-2-4-6-8-10-24(30)31/h13H,1-12,14-21H2,(H,25,28)(H,26,29)(H,30,31). The molecule has 0 rings (SSSR count). The molecule has 0 bridgehead atoms. The number of aldehydes is 1. The first-order valence-electron chi connectivity index (χ1n) is 12.6. The molecule has 0 atom stereocenters. The Balaban J connectivity index is 3.27. The van der Waals surface area contributed by atoms with Crippen LogP contribution in [0.5, 0.6) is 0 Å². The number of carboxylic acid groups (broad SMARTS) is 1. The second-order valence-electron chi connectivity index (χ2n) is 7.94. The zero-order valence-corrected chi connectivity index (χ0v) is 20.9. The van der Waals surface area contributed by atoms with Crippen LogP contribution in [0.2, 0.25) is 0 Å². The minimum Gasteiger partial charge on any atom is -0.481 e. The lowest BCUT2D eigenvalue weighted by molar-refractivity contribution is -0.137. The van der Waals surface area contributed by atoms with E-state index < -0.39 is 5.97 Å². The molecular formula is C24H44N2O9. The SMILES string of the molecule is O=CCOCCOCCNC(=O)COCCOCCNC(=O)CCCCCCCCCCC(=O)O. The summed E-state index contributed by atoms with van der Waals surface area (Å²) in [6, 6.07) is 0. The number of nitrogens with one attached hydrogen (secondary N) is 2. The van der Waals surface area contributed by atoms with Crippen molar-refractivity contribution in [2.75, 3.05) is 65.9 Å². The van der Waals surface area contributed by atoms with Gasteiger partial charge in [0, 0.05) is 25.9 Å². The summed E-state index contributed by atoms with van der Waals surface area (Å²) in [5.74, 6) is -0.946. The summed E-state index contributed by atoms with van der Waals surface area (Å²) in [5.41, 5.74) is 0. The van der Waals surface area contributed by atoms with Gasteiger partial charge in [0.25, 0.3) is 0 Å². The van der Waals surface area contributed by atoms with Crippen molar-refractivity contribution < 1.29 is 43.2 Å². The van der Waals surface area contributed by atoms with Crippen molar-refractivity contribution in [2.45, 2.75) is 64.2 Å². The molecule has 0 fully saturated rings. The van der Waals surface area contributed by atoms with Crippen LogP contribution in [-0.2, 0) is 38.1 Å². The van der Waals surface area contributed by atoms with Crippen LogP contribution in [0.1, 0.15) is 64.2 Å². The maximum atomic E-state index is 11.8.